The fraction of sp³-hybridized carbons (Fsp3) is 0.533. The molecular formula is C45H63AlO9. The third-order valence-corrected chi connectivity index (χ3v) is 8.99. The molecule has 0 saturated heterocycles. The maximum Gasteiger partial charge on any atom is 3.00 e. The summed E-state index contributed by atoms with van der Waals surface area (Å²) in [6, 6.07) is 10.1. The molecule has 0 aromatic heterocycles. The third kappa shape index (κ3) is 13.6. The van der Waals surface area contributed by atoms with Gasteiger partial charge >= 0.3 is 29.3 Å². The number of benzene rings is 3. The van der Waals surface area contributed by atoms with E-state index >= 15 is 0 Å². The molecule has 3 N–H and O–H groups in total. The van der Waals surface area contributed by atoms with E-state index in [9.17, 15) is 39.9 Å². The van der Waals surface area contributed by atoms with Crippen molar-refractivity contribution in [3.05, 3.63) is 86.5 Å². The van der Waals surface area contributed by atoms with E-state index in [0.29, 0.717) is 16.7 Å². The Balaban J connectivity index is 0.000000788. The van der Waals surface area contributed by atoms with Gasteiger partial charge in [0.2, 0.25) is 0 Å². The van der Waals surface area contributed by atoms with E-state index in [1.54, 1.807) is 6.07 Å². The summed E-state index contributed by atoms with van der Waals surface area (Å²) >= 11 is 0. The van der Waals surface area contributed by atoms with Crippen molar-refractivity contribution in [2.24, 2.45) is 0 Å². The first-order chi connectivity index (χ1) is 23.8. The van der Waals surface area contributed by atoms with E-state index in [-0.39, 0.29) is 78.0 Å². The summed E-state index contributed by atoms with van der Waals surface area (Å²) in [6.07, 6.45) is 0. The number of aromatic hydroxyl groups is 1. The normalized spacial score (nSPS) is 12.3. The molecule has 10 heteroatoms. The fourth-order valence-corrected chi connectivity index (χ4v) is 5.35. The molecule has 0 atom stereocenters. The predicted octanol–water partition coefficient (Wildman–Crippen LogP) is 8.08. The van der Waals surface area contributed by atoms with E-state index in [1.165, 1.54) is 12.1 Å². The van der Waals surface area contributed by atoms with Crippen LogP contribution in [0.25, 0.3) is 0 Å². The Bertz CT molecular complexity index is 1650. The van der Waals surface area contributed by atoms with Crippen molar-refractivity contribution < 1.29 is 45.0 Å². The van der Waals surface area contributed by atoms with E-state index in [4.69, 9.17) is 5.11 Å². The van der Waals surface area contributed by atoms with Crippen molar-refractivity contribution in [2.45, 2.75) is 157 Å². The van der Waals surface area contributed by atoms with Gasteiger partial charge in [-0.05, 0) is 78.0 Å². The van der Waals surface area contributed by atoms with Gasteiger partial charge in [-0.3, -0.25) is 0 Å². The van der Waals surface area contributed by atoms with Crippen molar-refractivity contribution in [1.82, 2.24) is 0 Å². The van der Waals surface area contributed by atoms with Crippen LogP contribution >= 0.6 is 0 Å². The number of carboxylic acid groups (broad SMARTS) is 3. The number of hydrogen-bond donors (Lipinski definition) is 3. The molecule has 300 valence electrons. The molecule has 0 aliphatic rings. The maximum absolute atomic E-state index is 12.2. The minimum Gasteiger partial charge on any atom is -0.872 e. The number of carboxylic acids is 3. The second-order valence-electron chi connectivity index (χ2n) is 20.1. The standard InChI is InChI=1S/3C15H22O3.Al/c3*1-14(2,3)9-7-10(13(17)18)12(16)11(8-9)15(4,5)6;/h3*7-8,16H,1-6H3,(H,17,18);/q;;;+3/p-3. The van der Waals surface area contributed by atoms with Crippen molar-refractivity contribution in [1.29, 1.82) is 0 Å². The molecule has 0 radical (unpaired) electrons. The second kappa shape index (κ2) is 17.4. The van der Waals surface area contributed by atoms with Crippen molar-refractivity contribution in [3.63, 3.8) is 0 Å². The Morgan fingerprint density at radius 2 is 0.691 bits per heavy atom. The molecule has 0 fully saturated rings. The van der Waals surface area contributed by atoms with Gasteiger partial charge in [-0.2, -0.15) is 0 Å². The zero-order chi connectivity index (χ0) is 42.9. The average Bonchev–Trinajstić information content (AvgIpc) is 2.94. The van der Waals surface area contributed by atoms with Gasteiger partial charge in [0, 0.05) is 5.56 Å². The van der Waals surface area contributed by atoms with Crippen LogP contribution in [0.1, 0.15) is 189 Å². The number of aromatic carboxylic acids is 3. The van der Waals surface area contributed by atoms with Gasteiger partial charge in [0.15, 0.2) is 0 Å². The molecule has 0 spiro atoms. The molecule has 0 saturated carbocycles. The molecule has 3 aromatic rings. The van der Waals surface area contributed by atoms with Gasteiger partial charge in [-0.25, -0.2) is 9.59 Å². The Morgan fingerprint density at radius 1 is 0.436 bits per heavy atom. The summed E-state index contributed by atoms with van der Waals surface area (Å²) < 4.78 is 0. The van der Waals surface area contributed by atoms with Crippen molar-refractivity contribution in [2.75, 3.05) is 0 Å². The van der Waals surface area contributed by atoms with Gasteiger partial charge in [0.05, 0.1) is 11.5 Å². The number of carbonyl (C=O) groups is 3. The van der Waals surface area contributed by atoms with Crippen LogP contribution in [0.15, 0.2) is 36.4 Å². The molecule has 0 aliphatic heterocycles. The largest absolute Gasteiger partial charge is 3.00 e. The minimum absolute atomic E-state index is 0. The van der Waals surface area contributed by atoms with Crippen molar-refractivity contribution >= 4 is 35.3 Å². The molecule has 0 aliphatic carbocycles. The van der Waals surface area contributed by atoms with Gasteiger partial charge in [0.1, 0.15) is 11.3 Å². The topological polar surface area (TPSA) is 181 Å². The maximum atomic E-state index is 12.2. The van der Waals surface area contributed by atoms with Crippen LogP contribution < -0.4 is 15.3 Å². The SMILES string of the molecule is CC(C)(C)c1cc(C(=O)O)c(O)c(C(C)(C)C)c1.CC(C)(C)c1cc(C(=O)O)c([O-])c(C(C)(C)C)c1.CC(C)(C)c1cc(C(=O)[O-])c([O-])c(C(C)(C)C)c1.[Al+3]. The van der Waals surface area contributed by atoms with Crippen molar-refractivity contribution in [3.8, 4) is 17.2 Å². The Morgan fingerprint density at radius 3 is 0.945 bits per heavy atom. The first kappa shape index (κ1) is 51.0. The van der Waals surface area contributed by atoms with E-state index in [0.717, 1.165) is 16.7 Å². The van der Waals surface area contributed by atoms with Crippen LogP contribution in [0.3, 0.4) is 0 Å². The Labute approximate surface area is 340 Å². The summed E-state index contributed by atoms with van der Waals surface area (Å²) in [7, 11) is 0. The predicted molar refractivity (Wildman–Crippen MR) is 216 cm³/mol. The Kier molecular flexibility index (Phi) is 16.2. The molecule has 0 amide bonds. The molecule has 3 aromatic carbocycles. The van der Waals surface area contributed by atoms with Crippen LogP contribution in [0.5, 0.6) is 17.2 Å². The van der Waals surface area contributed by atoms with Crippen LogP contribution in [-0.2, 0) is 32.5 Å². The summed E-state index contributed by atoms with van der Waals surface area (Å²) in [5.41, 5.74) is 2.41. The van der Waals surface area contributed by atoms with Crippen LogP contribution in [0.4, 0.5) is 0 Å². The van der Waals surface area contributed by atoms with E-state index in [2.05, 4.69) is 0 Å². The quantitative estimate of drug-likeness (QED) is 0.222. The summed E-state index contributed by atoms with van der Waals surface area (Å²) in [6.45, 7) is 35.4. The minimum atomic E-state index is -1.41. The summed E-state index contributed by atoms with van der Waals surface area (Å²) in [4.78, 5) is 33.5. The van der Waals surface area contributed by atoms with Crippen LogP contribution in [0, 0.1) is 0 Å². The smallest absolute Gasteiger partial charge is 0.872 e. The van der Waals surface area contributed by atoms with E-state index < -0.39 is 23.7 Å². The fourth-order valence-electron chi connectivity index (χ4n) is 5.35. The number of rotatable bonds is 3. The van der Waals surface area contributed by atoms with Gasteiger partial charge < -0.3 is 35.4 Å². The zero-order valence-electron chi connectivity index (χ0n) is 36.3. The number of hydrogen-bond acceptors (Lipinski definition) is 7. The monoisotopic (exact) mass is 774 g/mol. The van der Waals surface area contributed by atoms with Gasteiger partial charge in [0.25, 0.3) is 0 Å². The first-order valence-electron chi connectivity index (χ1n) is 18.1. The molecular weight excluding hydrogens is 711 g/mol. The first-order valence-corrected chi connectivity index (χ1v) is 18.1. The molecule has 0 heterocycles. The van der Waals surface area contributed by atoms with Crippen LogP contribution in [0.2, 0.25) is 0 Å². The average molecular weight is 775 g/mol. The van der Waals surface area contributed by atoms with Gasteiger partial charge in [-0.15, -0.1) is 0 Å². The summed E-state index contributed by atoms with van der Waals surface area (Å²) in [5.74, 6) is -4.58. The second-order valence-corrected chi connectivity index (χ2v) is 20.1. The molecule has 55 heavy (non-hydrogen) atoms. The molecule has 3 rings (SSSR count). The van der Waals surface area contributed by atoms with Crippen LogP contribution in [-0.4, -0.2) is 50.6 Å². The summed E-state index contributed by atoms with van der Waals surface area (Å²) in [5, 5.41) is 63.8. The third-order valence-electron chi connectivity index (χ3n) is 8.99. The zero-order valence-corrected chi connectivity index (χ0v) is 37.5. The molecule has 9 nitrogen and oxygen atoms in total. The van der Waals surface area contributed by atoms with E-state index in [1.807, 2.05) is 143 Å². The molecule has 0 unspecified atom stereocenters. The van der Waals surface area contributed by atoms with Gasteiger partial charge in [-0.1, -0.05) is 160 Å². The number of phenols is 1. The Hall–Kier alpha value is -4.00. The molecule has 0 bridgehead atoms. The number of carbonyl (C=O) groups excluding carboxylic acids is 1.